The smallest absolute Gasteiger partial charge is 0.0856 e. The van der Waals surface area contributed by atoms with Crippen molar-refractivity contribution in [2.24, 2.45) is 11.8 Å². The summed E-state index contributed by atoms with van der Waals surface area (Å²) < 4.78 is 11.4. The molecule has 0 amide bonds. The van der Waals surface area contributed by atoms with E-state index in [0.29, 0.717) is 25.0 Å². The number of hydrogen-bond acceptors (Lipinski definition) is 2. The fourth-order valence-electron chi connectivity index (χ4n) is 3.51. The van der Waals surface area contributed by atoms with Gasteiger partial charge in [0.05, 0.1) is 19.3 Å². The lowest BCUT2D eigenvalue weighted by molar-refractivity contribution is -0.0401. The van der Waals surface area contributed by atoms with Crippen molar-refractivity contribution in [1.82, 2.24) is 0 Å². The van der Waals surface area contributed by atoms with Crippen LogP contribution in [0.3, 0.4) is 0 Å². The minimum atomic E-state index is 0.187. The van der Waals surface area contributed by atoms with Gasteiger partial charge < -0.3 is 9.47 Å². The van der Waals surface area contributed by atoms with Crippen LogP contribution >= 0.6 is 0 Å². The van der Waals surface area contributed by atoms with Crippen molar-refractivity contribution in [3.63, 3.8) is 0 Å². The van der Waals surface area contributed by atoms with Gasteiger partial charge in [-0.25, -0.2) is 0 Å². The van der Waals surface area contributed by atoms with Crippen LogP contribution in [0.5, 0.6) is 0 Å². The zero-order valence-electron chi connectivity index (χ0n) is 13.2. The number of benzene rings is 1. The normalized spacial score (nSPS) is 23.7. The van der Waals surface area contributed by atoms with Crippen LogP contribution < -0.4 is 0 Å². The Morgan fingerprint density at radius 3 is 2.67 bits per heavy atom. The molecule has 0 aliphatic heterocycles. The van der Waals surface area contributed by atoms with Crippen LogP contribution in [0.1, 0.15) is 43.8 Å². The van der Waals surface area contributed by atoms with E-state index in [1.54, 1.807) is 7.11 Å². The molecule has 3 atom stereocenters. The third-order valence-electron chi connectivity index (χ3n) is 4.54. The summed E-state index contributed by atoms with van der Waals surface area (Å²) in [6.45, 7) is 5.25. The molecule has 0 unspecified atom stereocenters. The standard InChI is InChI=1S/C19H28O2/c1-3-9-16-10-7-8-13-18(16)19(21-15-14-20-2)17-11-5-4-6-12-17/h3-6,11-12,16,18-19H,1,7-10,13-15H2,2H3/t16-,18-,19-/m0/s1. The van der Waals surface area contributed by atoms with Gasteiger partial charge in [-0.2, -0.15) is 0 Å². The van der Waals surface area contributed by atoms with Crippen molar-refractivity contribution in [1.29, 1.82) is 0 Å². The molecule has 2 nitrogen and oxygen atoms in total. The molecule has 1 aliphatic rings. The molecule has 116 valence electrons. The predicted octanol–water partition coefficient (Wildman–Crippen LogP) is 4.77. The van der Waals surface area contributed by atoms with E-state index < -0.39 is 0 Å². The van der Waals surface area contributed by atoms with Crippen LogP contribution in [-0.2, 0) is 9.47 Å². The van der Waals surface area contributed by atoms with Crippen LogP contribution in [0, 0.1) is 11.8 Å². The number of allylic oxidation sites excluding steroid dienone is 1. The highest BCUT2D eigenvalue weighted by molar-refractivity contribution is 5.19. The molecule has 0 saturated heterocycles. The molecular formula is C19H28O2. The van der Waals surface area contributed by atoms with E-state index in [2.05, 4.69) is 43.0 Å². The molecule has 0 bridgehead atoms. The van der Waals surface area contributed by atoms with E-state index in [1.165, 1.54) is 31.2 Å². The summed E-state index contributed by atoms with van der Waals surface area (Å²) in [7, 11) is 1.72. The summed E-state index contributed by atoms with van der Waals surface area (Å²) in [6.07, 6.45) is 8.57. The average Bonchev–Trinajstić information content (AvgIpc) is 2.54. The van der Waals surface area contributed by atoms with Gasteiger partial charge in [-0.1, -0.05) is 49.2 Å². The molecule has 1 aliphatic carbocycles. The second kappa shape index (κ2) is 9.01. The third-order valence-corrected chi connectivity index (χ3v) is 4.54. The molecule has 1 aromatic rings. The maximum Gasteiger partial charge on any atom is 0.0856 e. The molecule has 0 spiro atoms. The summed E-state index contributed by atoms with van der Waals surface area (Å²) in [4.78, 5) is 0. The molecule has 0 radical (unpaired) electrons. The minimum Gasteiger partial charge on any atom is -0.382 e. The summed E-state index contributed by atoms with van der Waals surface area (Å²) in [5.74, 6) is 1.29. The van der Waals surface area contributed by atoms with Gasteiger partial charge in [-0.3, -0.25) is 0 Å². The van der Waals surface area contributed by atoms with Crippen molar-refractivity contribution in [2.75, 3.05) is 20.3 Å². The van der Waals surface area contributed by atoms with Crippen LogP contribution in [-0.4, -0.2) is 20.3 Å². The predicted molar refractivity (Wildman–Crippen MR) is 87.3 cm³/mol. The summed E-state index contributed by atoms with van der Waals surface area (Å²) in [6, 6.07) is 10.7. The largest absolute Gasteiger partial charge is 0.382 e. The van der Waals surface area contributed by atoms with Gasteiger partial charge >= 0.3 is 0 Å². The zero-order chi connectivity index (χ0) is 14.9. The van der Waals surface area contributed by atoms with Gasteiger partial charge in [-0.05, 0) is 36.7 Å². The maximum absolute atomic E-state index is 6.23. The molecule has 1 saturated carbocycles. The van der Waals surface area contributed by atoms with Crippen LogP contribution in [0.4, 0.5) is 0 Å². The molecule has 2 heteroatoms. The SMILES string of the molecule is C=CC[C@H]1CCCC[C@@H]1[C@@H](OCCOC)c1ccccc1. The van der Waals surface area contributed by atoms with Crippen molar-refractivity contribution < 1.29 is 9.47 Å². The summed E-state index contributed by atoms with van der Waals surface area (Å²) >= 11 is 0. The summed E-state index contributed by atoms with van der Waals surface area (Å²) in [5, 5.41) is 0. The Hall–Kier alpha value is -1.12. The molecule has 1 aromatic carbocycles. The quantitative estimate of drug-likeness (QED) is 0.506. The maximum atomic E-state index is 6.23. The third kappa shape index (κ3) is 4.69. The van der Waals surface area contributed by atoms with Crippen LogP contribution in [0.25, 0.3) is 0 Å². The Morgan fingerprint density at radius 1 is 1.19 bits per heavy atom. The Balaban J connectivity index is 2.14. The Kier molecular flexibility index (Phi) is 6.98. The first-order chi connectivity index (χ1) is 10.4. The van der Waals surface area contributed by atoms with Gasteiger partial charge in [0.25, 0.3) is 0 Å². The van der Waals surface area contributed by atoms with E-state index in [0.717, 1.165) is 6.42 Å². The fourth-order valence-corrected chi connectivity index (χ4v) is 3.51. The highest BCUT2D eigenvalue weighted by Gasteiger charge is 2.32. The number of ether oxygens (including phenoxy) is 2. The highest BCUT2D eigenvalue weighted by atomic mass is 16.5. The van der Waals surface area contributed by atoms with Gasteiger partial charge in [0.15, 0.2) is 0 Å². The first-order valence-electron chi connectivity index (χ1n) is 8.13. The van der Waals surface area contributed by atoms with Crippen LogP contribution in [0.2, 0.25) is 0 Å². The number of hydrogen-bond donors (Lipinski definition) is 0. The fraction of sp³-hybridized carbons (Fsp3) is 0.579. The lowest BCUT2D eigenvalue weighted by atomic mass is 9.73. The van der Waals surface area contributed by atoms with E-state index in [-0.39, 0.29) is 6.10 Å². The van der Waals surface area contributed by atoms with Gasteiger partial charge in [0.1, 0.15) is 0 Å². The van der Waals surface area contributed by atoms with E-state index in [4.69, 9.17) is 9.47 Å². The van der Waals surface area contributed by atoms with E-state index >= 15 is 0 Å². The molecule has 1 fully saturated rings. The van der Waals surface area contributed by atoms with Crippen molar-refractivity contribution in [2.45, 2.75) is 38.2 Å². The first kappa shape index (κ1) is 16.3. The zero-order valence-corrected chi connectivity index (χ0v) is 13.2. The molecule has 0 aromatic heterocycles. The van der Waals surface area contributed by atoms with Gasteiger partial charge in [-0.15, -0.1) is 6.58 Å². The van der Waals surface area contributed by atoms with E-state index in [1.807, 2.05) is 0 Å². The topological polar surface area (TPSA) is 18.5 Å². The number of rotatable bonds is 8. The van der Waals surface area contributed by atoms with Crippen molar-refractivity contribution in [3.05, 3.63) is 48.6 Å². The van der Waals surface area contributed by atoms with Gasteiger partial charge in [0, 0.05) is 7.11 Å². The van der Waals surface area contributed by atoms with Crippen LogP contribution in [0.15, 0.2) is 43.0 Å². The van der Waals surface area contributed by atoms with E-state index in [9.17, 15) is 0 Å². The highest BCUT2D eigenvalue weighted by Crippen LogP contribution is 2.42. The molecular weight excluding hydrogens is 260 g/mol. The Morgan fingerprint density at radius 2 is 1.95 bits per heavy atom. The molecule has 0 N–H and O–H groups in total. The molecule has 2 rings (SSSR count). The molecule has 0 heterocycles. The first-order valence-corrected chi connectivity index (χ1v) is 8.13. The second-order valence-electron chi connectivity index (χ2n) is 5.93. The lowest BCUT2D eigenvalue weighted by Crippen LogP contribution is -2.28. The molecule has 21 heavy (non-hydrogen) atoms. The summed E-state index contributed by atoms with van der Waals surface area (Å²) in [5.41, 5.74) is 1.30. The van der Waals surface area contributed by atoms with Crippen molar-refractivity contribution in [3.8, 4) is 0 Å². The second-order valence-corrected chi connectivity index (χ2v) is 5.93. The Bertz CT molecular complexity index is 401. The van der Waals surface area contributed by atoms with Crippen molar-refractivity contribution >= 4 is 0 Å². The Labute approximate surface area is 129 Å². The average molecular weight is 288 g/mol. The van der Waals surface area contributed by atoms with Gasteiger partial charge in [0.2, 0.25) is 0 Å². The monoisotopic (exact) mass is 288 g/mol. The lowest BCUT2D eigenvalue weighted by Gasteiger charge is -2.37. The minimum absolute atomic E-state index is 0.187. The number of methoxy groups -OCH3 is 1.